The van der Waals surface area contributed by atoms with Crippen molar-refractivity contribution >= 4 is 5.71 Å². The molecule has 7 heteroatoms. The normalized spacial score (nSPS) is 16.6. The predicted octanol–water partition coefficient (Wildman–Crippen LogP) is 3.28. The smallest absolute Gasteiger partial charge is 0.145 e. The summed E-state index contributed by atoms with van der Waals surface area (Å²) in [6.07, 6.45) is 4.68. The first-order valence-electron chi connectivity index (χ1n) is 10.1. The zero-order chi connectivity index (χ0) is 22.2. The standard InChI is InChI=1S/C24H26F2N2O3/c1-3-10-30-16-20(29)14-28(13-18-8-9-19(25)11-23(18)26)15-21-12-24(27-31-21)22-7-5-4-6-17(22)2/h1,4-9,11,20-21,29H,10,12-16H2,2H3. The molecule has 0 bridgehead atoms. The van der Waals surface area contributed by atoms with Crippen LogP contribution in [-0.2, 0) is 16.1 Å². The summed E-state index contributed by atoms with van der Waals surface area (Å²) < 4.78 is 32.7. The number of rotatable bonds is 10. The van der Waals surface area contributed by atoms with E-state index in [-0.39, 0.29) is 32.4 Å². The summed E-state index contributed by atoms with van der Waals surface area (Å²) in [5.41, 5.74) is 3.32. The highest BCUT2D eigenvalue weighted by molar-refractivity contribution is 6.02. The first-order chi connectivity index (χ1) is 15.0. The van der Waals surface area contributed by atoms with Gasteiger partial charge in [0.15, 0.2) is 0 Å². The molecule has 31 heavy (non-hydrogen) atoms. The Balaban J connectivity index is 1.66. The van der Waals surface area contributed by atoms with Crippen LogP contribution < -0.4 is 0 Å². The molecule has 1 aliphatic rings. The lowest BCUT2D eigenvalue weighted by atomic mass is 10.00. The molecule has 0 saturated heterocycles. The van der Waals surface area contributed by atoms with E-state index in [1.807, 2.05) is 36.1 Å². The summed E-state index contributed by atoms with van der Waals surface area (Å²) in [6, 6.07) is 11.4. The second kappa shape index (κ2) is 11.0. The summed E-state index contributed by atoms with van der Waals surface area (Å²) in [7, 11) is 0. The summed E-state index contributed by atoms with van der Waals surface area (Å²) in [5.74, 6) is 1.08. The van der Waals surface area contributed by atoms with Gasteiger partial charge in [0.1, 0.15) is 24.3 Å². The fourth-order valence-electron chi connectivity index (χ4n) is 3.57. The fourth-order valence-corrected chi connectivity index (χ4v) is 3.57. The Bertz CT molecular complexity index is 958. The van der Waals surface area contributed by atoms with Crippen molar-refractivity contribution in [2.45, 2.75) is 32.1 Å². The molecule has 0 fully saturated rings. The molecular weight excluding hydrogens is 402 g/mol. The first-order valence-corrected chi connectivity index (χ1v) is 10.1. The molecule has 0 aliphatic carbocycles. The topological polar surface area (TPSA) is 54.3 Å². The third kappa shape index (κ3) is 6.59. The van der Waals surface area contributed by atoms with Gasteiger partial charge in [-0.1, -0.05) is 41.4 Å². The van der Waals surface area contributed by atoms with Crippen molar-refractivity contribution in [2.24, 2.45) is 5.16 Å². The molecule has 1 N–H and O–H groups in total. The molecule has 3 rings (SSSR count). The molecule has 0 saturated carbocycles. The maximum Gasteiger partial charge on any atom is 0.145 e. The Labute approximate surface area is 181 Å². The van der Waals surface area contributed by atoms with Gasteiger partial charge in [0.25, 0.3) is 0 Å². The van der Waals surface area contributed by atoms with Crippen molar-refractivity contribution in [3.8, 4) is 12.3 Å². The third-order valence-electron chi connectivity index (χ3n) is 5.02. The quantitative estimate of drug-likeness (QED) is 0.466. The second-order valence-corrected chi connectivity index (χ2v) is 7.59. The summed E-state index contributed by atoms with van der Waals surface area (Å²) in [5, 5.41) is 14.6. The van der Waals surface area contributed by atoms with Crippen molar-refractivity contribution in [2.75, 3.05) is 26.3 Å². The molecule has 0 radical (unpaired) electrons. The largest absolute Gasteiger partial charge is 0.390 e. The summed E-state index contributed by atoms with van der Waals surface area (Å²) >= 11 is 0. The molecule has 5 nitrogen and oxygen atoms in total. The average Bonchev–Trinajstić information content (AvgIpc) is 3.18. The highest BCUT2D eigenvalue weighted by atomic mass is 19.1. The van der Waals surface area contributed by atoms with Gasteiger partial charge in [0.2, 0.25) is 0 Å². The van der Waals surface area contributed by atoms with Crippen molar-refractivity contribution in [3.63, 3.8) is 0 Å². The Morgan fingerprint density at radius 3 is 2.87 bits per heavy atom. The highest BCUT2D eigenvalue weighted by Crippen LogP contribution is 2.21. The summed E-state index contributed by atoms with van der Waals surface area (Å²) in [6.45, 7) is 2.97. The predicted molar refractivity (Wildman–Crippen MR) is 114 cm³/mol. The van der Waals surface area contributed by atoms with Crippen molar-refractivity contribution in [3.05, 3.63) is 70.8 Å². The number of aryl methyl sites for hydroxylation is 1. The number of terminal acetylenes is 1. The van der Waals surface area contributed by atoms with E-state index in [9.17, 15) is 13.9 Å². The van der Waals surface area contributed by atoms with Crippen LogP contribution >= 0.6 is 0 Å². The Morgan fingerprint density at radius 1 is 1.32 bits per heavy atom. The number of halogens is 2. The van der Waals surface area contributed by atoms with Gasteiger partial charge in [-0.25, -0.2) is 8.78 Å². The monoisotopic (exact) mass is 428 g/mol. The van der Waals surface area contributed by atoms with Gasteiger partial charge in [0, 0.05) is 43.2 Å². The highest BCUT2D eigenvalue weighted by Gasteiger charge is 2.26. The minimum atomic E-state index is -0.824. The van der Waals surface area contributed by atoms with E-state index < -0.39 is 17.7 Å². The van der Waals surface area contributed by atoms with Crippen LogP contribution in [0, 0.1) is 30.9 Å². The lowest BCUT2D eigenvalue weighted by Crippen LogP contribution is -2.39. The minimum absolute atomic E-state index is 0.0586. The van der Waals surface area contributed by atoms with Crippen LogP contribution in [0.15, 0.2) is 47.6 Å². The van der Waals surface area contributed by atoms with Crippen LogP contribution in [0.4, 0.5) is 8.78 Å². The Hall–Kier alpha value is -2.79. The molecule has 2 atom stereocenters. The second-order valence-electron chi connectivity index (χ2n) is 7.59. The van der Waals surface area contributed by atoms with E-state index in [0.717, 1.165) is 22.9 Å². The number of ether oxygens (including phenoxy) is 1. The van der Waals surface area contributed by atoms with Gasteiger partial charge in [-0.15, -0.1) is 6.42 Å². The van der Waals surface area contributed by atoms with Crippen molar-refractivity contribution in [1.29, 1.82) is 0 Å². The van der Waals surface area contributed by atoms with Gasteiger partial charge >= 0.3 is 0 Å². The first kappa shape index (κ1) is 22.9. The lowest BCUT2D eigenvalue weighted by molar-refractivity contribution is 0.00391. The molecule has 2 aromatic carbocycles. The van der Waals surface area contributed by atoms with Crippen LogP contribution in [0.3, 0.4) is 0 Å². The number of oxime groups is 1. The van der Waals surface area contributed by atoms with Crippen molar-refractivity contribution < 1.29 is 23.5 Å². The Kier molecular flexibility index (Phi) is 8.13. The number of hydrogen-bond donors (Lipinski definition) is 1. The van der Waals surface area contributed by atoms with Crippen LogP contribution in [0.1, 0.15) is 23.1 Å². The number of aliphatic hydroxyl groups is 1. The van der Waals surface area contributed by atoms with Crippen LogP contribution in [0.2, 0.25) is 0 Å². The van der Waals surface area contributed by atoms with Crippen LogP contribution in [0.5, 0.6) is 0 Å². The maximum absolute atomic E-state index is 14.2. The van der Waals surface area contributed by atoms with Crippen molar-refractivity contribution in [1.82, 2.24) is 4.90 Å². The SMILES string of the molecule is C#CCOCC(O)CN(Cc1ccc(F)cc1F)CC1CC(c2ccccc2C)=NO1. The molecule has 0 amide bonds. The number of hydrogen-bond acceptors (Lipinski definition) is 5. The van der Waals surface area contributed by atoms with Crippen LogP contribution in [-0.4, -0.2) is 54.2 Å². The van der Waals surface area contributed by atoms with E-state index in [1.54, 1.807) is 0 Å². The average molecular weight is 428 g/mol. The molecule has 1 aliphatic heterocycles. The minimum Gasteiger partial charge on any atom is -0.390 e. The summed E-state index contributed by atoms with van der Waals surface area (Å²) in [4.78, 5) is 7.47. The third-order valence-corrected chi connectivity index (χ3v) is 5.02. The lowest BCUT2D eigenvalue weighted by Gasteiger charge is -2.27. The number of benzene rings is 2. The molecular formula is C24H26F2N2O3. The van der Waals surface area contributed by atoms with E-state index in [0.29, 0.717) is 18.5 Å². The number of nitrogens with zero attached hydrogens (tertiary/aromatic N) is 2. The molecule has 1 heterocycles. The van der Waals surface area contributed by atoms with Gasteiger partial charge < -0.3 is 14.7 Å². The van der Waals surface area contributed by atoms with E-state index in [4.69, 9.17) is 16.0 Å². The maximum atomic E-state index is 14.2. The molecule has 0 spiro atoms. The molecule has 0 aromatic heterocycles. The molecule has 2 aromatic rings. The fraction of sp³-hybridized carbons (Fsp3) is 0.375. The van der Waals surface area contributed by atoms with E-state index in [2.05, 4.69) is 11.1 Å². The van der Waals surface area contributed by atoms with Gasteiger partial charge in [-0.3, -0.25) is 4.90 Å². The van der Waals surface area contributed by atoms with Gasteiger partial charge in [-0.05, 0) is 18.6 Å². The van der Waals surface area contributed by atoms with Gasteiger partial charge in [-0.2, -0.15) is 0 Å². The van der Waals surface area contributed by atoms with E-state index in [1.165, 1.54) is 12.1 Å². The Morgan fingerprint density at radius 2 is 2.13 bits per heavy atom. The zero-order valence-corrected chi connectivity index (χ0v) is 17.4. The number of aliphatic hydroxyl groups excluding tert-OH is 1. The van der Waals surface area contributed by atoms with Gasteiger partial charge in [0.05, 0.1) is 18.4 Å². The molecule has 164 valence electrons. The van der Waals surface area contributed by atoms with E-state index >= 15 is 0 Å². The molecule has 2 unspecified atom stereocenters. The van der Waals surface area contributed by atoms with Crippen LogP contribution in [0.25, 0.3) is 0 Å². The zero-order valence-electron chi connectivity index (χ0n) is 17.4.